The fourth-order valence-electron chi connectivity index (χ4n) is 4.21. The van der Waals surface area contributed by atoms with E-state index in [1.54, 1.807) is 17.0 Å². The molecule has 0 radical (unpaired) electrons. The summed E-state index contributed by atoms with van der Waals surface area (Å²) < 4.78 is 44.2. The summed E-state index contributed by atoms with van der Waals surface area (Å²) in [5.74, 6) is -0.229. The number of aryl methyl sites for hydroxylation is 1. The minimum atomic E-state index is -4.34. The lowest BCUT2D eigenvalue weighted by molar-refractivity contribution is -0.138. The van der Waals surface area contributed by atoms with E-state index in [1.807, 2.05) is 0 Å². The Balaban J connectivity index is 1.47. The second kappa shape index (κ2) is 7.26. The van der Waals surface area contributed by atoms with Crippen LogP contribution in [-0.4, -0.2) is 28.3 Å². The molecule has 0 spiro atoms. The molecule has 0 unspecified atom stereocenters. The van der Waals surface area contributed by atoms with E-state index in [-0.39, 0.29) is 11.8 Å². The van der Waals surface area contributed by atoms with Crippen LogP contribution in [-0.2, 0) is 19.0 Å². The Morgan fingerprint density at radius 1 is 1.11 bits per heavy atom. The topological polar surface area (TPSA) is 33.2 Å². The number of hydrogen-bond acceptors (Lipinski definition) is 3. The van der Waals surface area contributed by atoms with Gasteiger partial charge in [-0.3, -0.25) is 4.79 Å². The molecule has 27 heavy (non-hydrogen) atoms. The average Bonchev–Trinajstić information content (AvgIpc) is 3.11. The van der Waals surface area contributed by atoms with Crippen LogP contribution < -0.4 is 0 Å². The van der Waals surface area contributed by atoms with E-state index < -0.39 is 11.7 Å². The molecule has 1 aromatic heterocycles. The lowest BCUT2D eigenvalue weighted by Gasteiger charge is -2.33. The van der Waals surface area contributed by atoms with Gasteiger partial charge in [-0.1, -0.05) is 18.2 Å². The van der Waals surface area contributed by atoms with Crippen LogP contribution >= 0.6 is 11.5 Å². The average molecular weight is 394 g/mol. The van der Waals surface area contributed by atoms with Crippen molar-refractivity contribution in [3.05, 3.63) is 51.5 Å². The highest BCUT2D eigenvalue weighted by Crippen LogP contribution is 2.39. The lowest BCUT2D eigenvalue weighted by atomic mass is 9.86. The number of aromatic nitrogens is 1. The molecule has 2 aliphatic rings. The maximum absolute atomic E-state index is 13.3. The summed E-state index contributed by atoms with van der Waals surface area (Å²) >= 11 is 1.42. The third kappa shape index (κ3) is 3.61. The summed E-state index contributed by atoms with van der Waals surface area (Å²) in [6, 6.07) is 5.80. The molecule has 144 valence electrons. The zero-order chi connectivity index (χ0) is 19.0. The number of likely N-dealkylation sites (tertiary alicyclic amines) is 1. The Morgan fingerprint density at radius 2 is 1.81 bits per heavy atom. The summed E-state index contributed by atoms with van der Waals surface area (Å²) in [6.07, 6.45) is 0.882. The van der Waals surface area contributed by atoms with Crippen LogP contribution in [0.4, 0.5) is 13.2 Å². The Morgan fingerprint density at radius 3 is 2.56 bits per heavy atom. The summed E-state index contributed by atoms with van der Waals surface area (Å²) in [6.45, 7) is 0.948. The van der Waals surface area contributed by atoms with Gasteiger partial charge in [-0.15, -0.1) is 0 Å². The van der Waals surface area contributed by atoms with Crippen molar-refractivity contribution < 1.29 is 18.0 Å². The van der Waals surface area contributed by atoms with E-state index in [4.69, 9.17) is 0 Å². The highest BCUT2D eigenvalue weighted by molar-refractivity contribution is 7.06. The van der Waals surface area contributed by atoms with E-state index in [0.717, 1.165) is 37.3 Å². The van der Waals surface area contributed by atoms with Gasteiger partial charge in [0, 0.05) is 18.0 Å². The zero-order valence-corrected chi connectivity index (χ0v) is 15.7. The van der Waals surface area contributed by atoms with Gasteiger partial charge < -0.3 is 4.90 Å². The molecule has 4 rings (SSSR count). The third-order valence-electron chi connectivity index (χ3n) is 5.64. The predicted molar refractivity (Wildman–Crippen MR) is 98.1 cm³/mol. The maximum Gasteiger partial charge on any atom is 0.416 e. The molecule has 1 aromatic carbocycles. The quantitative estimate of drug-likeness (QED) is 0.713. The Bertz CT molecular complexity index is 838. The number of hydrogen-bond donors (Lipinski definition) is 0. The number of amides is 1. The van der Waals surface area contributed by atoms with Gasteiger partial charge in [0.05, 0.1) is 5.56 Å². The van der Waals surface area contributed by atoms with E-state index in [0.29, 0.717) is 37.2 Å². The van der Waals surface area contributed by atoms with Crippen LogP contribution in [0.3, 0.4) is 0 Å². The third-order valence-corrected chi connectivity index (χ3v) is 6.59. The number of benzene rings is 1. The van der Waals surface area contributed by atoms with E-state index in [2.05, 4.69) is 4.37 Å². The van der Waals surface area contributed by atoms with Crippen molar-refractivity contribution in [1.82, 2.24) is 9.27 Å². The molecule has 2 heterocycles. The van der Waals surface area contributed by atoms with Gasteiger partial charge >= 0.3 is 6.18 Å². The first-order valence-corrected chi connectivity index (χ1v) is 10.2. The normalized spacial score (nSPS) is 18.4. The summed E-state index contributed by atoms with van der Waals surface area (Å²) in [4.78, 5) is 15.9. The van der Waals surface area contributed by atoms with Gasteiger partial charge in [0.25, 0.3) is 5.91 Å². The molecule has 1 aliphatic heterocycles. The van der Waals surface area contributed by atoms with Crippen molar-refractivity contribution in [1.29, 1.82) is 0 Å². The van der Waals surface area contributed by atoms with Gasteiger partial charge in [0.1, 0.15) is 5.69 Å². The van der Waals surface area contributed by atoms with Crippen LogP contribution in [0.15, 0.2) is 24.3 Å². The number of nitrogens with zero attached hydrogens (tertiary/aromatic N) is 2. The number of carbonyl (C=O) groups excluding carboxylic acids is 1. The van der Waals surface area contributed by atoms with Gasteiger partial charge in [-0.25, -0.2) is 0 Å². The van der Waals surface area contributed by atoms with Crippen molar-refractivity contribution in [2.24, 2.45) is 0 Å². The fourth-order valence-corrected chi connectivity index (χ4v) is 5.14. The monoisotopic (exact) mass is 394 g/mol. The number of alkyl halides is 3. The molecule has 0 N–H and O–H groups in total. The number of halogens is 3. The standard InChI is InChI=1S/C20H21F3N2OS/c21-20(22,23)16-7-3-1-5-14(16)13-9-11-25(12-10-13)19(26)18-15-6-2-4-8-17(15)27-24-18/h1,3,5,7,13H,2,4,6,8-12H2. The first-order chi connectivity index (χ1) is 12.9. The van der Waals surface area contributed by atoms with E-state index in [1.165, 1.54) is 22.5 Å². The summed E-state index contributed by atoms with van der Waals surface area (Å²) in [7, 11) is 0. The fraction of sp³-hybridized carbons (Fsp3) is 0.500. The van der Waals surface area contributed by atoms with Gasteiger partial charge in [0.15, 0.2) is 0 Å². The predicted octanol–water partition coefficient (Wildman–Crippen LogP) is 5.06. The molecule has 2 aromatic rings. The van der Waals surface area contributed by atoms with Crippen LogP contribution in [0.1, 0.15) is 63.7 Å². The number of fused-ring (bicyclic) bond motifs is 1. The molecule has 7 heteroatoms. The Labute approximate surface area is 160 Å². The van der Waals surface area contributed by atoms with Crippen LogP contribution in [0.2, 0.25) is 0 Å². The Hall–Kier alpha value is -1.89. The highest BCUT2D eigenvalue weighted by atomic mass is 32.1. The number of rotatable bonds is 2. The van der Waals surface area contributed by atoms with Crippen LogP contribution in [0, 0.1) is 0 Å². The molecule has 1 saturated heterocycles. The lowest BCUT2D eigenvalue weighted by Crippen LogP contribution is -2.38. The largest absolute Gasteiger partial charge is 0.416 e. The molecule has 0 atom stereocenters. The molecule has 1 aliphatic carbocycles. The molecule has 1 fully saturated rings. The van der Waals surface area contributed by atoms with E-state index >= 15 is 0 Å². The molecule has 0 saturated carbocycles. The van der Waals surface area contributed by atoms with E-state index in [9.17, 15) is 18.0 Å². The minimum absolute atomic E-state index is 0.0584. The molecule has 3 nitrogen and oxygen atoms in total. The molecule has 1 amide bonds. The van der Waals surface area contributed by atoms with Crippen molar-refractivity contribution >= 4 is 17.4 Å². The van der Waals surface area contributed by atoms with Crippen LogP contribution in [0.5, 0.6) is 0 Å². The zero-order valence-electron chi connectivity index (χ0n) is 14.9. The SMILES string of the molecule is O=C(c1nsc2c1CCCC2)N1CCC(c2ccccc2C(F)(F)F)CC1. The highest BCUT2D eigenvalue weighted by Gasteiger charge is 2.36. The van der Waals surface area contributed by atoms with Gasteiger partial charge in [-0.2, -0.15) is 17.5 Å². The molecule has 0 bridgehead atoms. The Kier molecular flexibility index (Phi) is 4.97. The van der Waals surface area contributed by atoms with Crippen molar-refractivity contribution in [3.8, 4) is 0 Å². The minimum Gasteiger partial charge on any atom is -0.337 e. The second-order valence-corrected chi connectivity index (χ2v) is 8.15. The van der Waals surface area contributed by atoms with Crippen molar-refractivity contribution in [2.75, 3.05) is 13.1 Å². The van der Waals surface area contributed by atoms with Crippen LogP contribution in [0.25, 0.3) is 0 Å². The van der Waals surface area contributed by atoms with Gasteiger partial charge in [0.2, 0.25) is 0 Å². The molecular weight excluding hydrogens is 373 g/mol. The second-order valence-electron chi connectivity index (χ2n) is 7.29. The van der Waals surface area contributed by atoms with Crippen molar-refractivity contribution in [2.45, 2.75) is 50.6 Å². The number of piperidine rings is 1. The van der Waals surface area contributed by atoms with Gasteiger partial charge in [-0.05, 0) is 73.2 Å². The smallest absolute Gasteiger partial charge is 0.337 e. The maximum atomic E-state index is 13.3. The molecular formula is C20H21F3N2OS. The number of carbonyl (C=O) groups is 1. The first-order valence-electron chi connectivity index (χ1n) is 9.38. The van der Waals surface area contributed by atoms with Crippen molar-refractivity contribution in [3.63, 3.8) is 0 Å². The summed E-state index contributed by atoms with van der Waals surface area (Å²) in [5, 5.41) is 0. The summed E-state index contributed by atoms with van der Waals surface area (Å²) in [5.41, 5.74) is 1.47. The first kappa shape index (κ1) is 18.5.